The Balaban J connectivity index is 1.73. The Bertz CT molecular complexity index is 548. The van der Waals surface area contributed by atoms with Crippen LogP contribution in [0, 0.1) is 0 Å². The van der Waals surface area contributed by atoms with Crippen molar-refractivity contribution in [2.45, 2.75) is 17.5 Å². The van der Waals surface area contributed by atoms with Gasteiger partial charge in [-0.15, -0.1) is 11.8 Å². The highest BCUT2D eigenvalue weighted by Crippen LogP contribution is 2.45. The Morgan fingerprint density at radius 1 is 1.26 bits per heavy atom. The molecule has 0 unspecified atom stereocenters. The highest BCUT2D eigenvalue weighted by Gasteiger charge is 2.39. The Morgan fingerprint density at radius 2 is 2.00 bits per heavy atom. The molecule has 23 heavy (non-hydrogen) atoms. The third kappa shape index (κ3) is 3.65. The van der Waals surface area contributed by atoms with Gasteiger partial charge in [-0.05, 0) is 13.0 Å². The van der Waals surface area contributed by atoms with E-state index >= 15 is 0 Å². The van der Waals surface area contributed by atoms with Crippen molar-refractivity contribution in [2.75, 3.05) is 46.4 Å². The first kappa shape index (κ1) is 16.6. The van der Waals surface area contributed by atoms with Crippen LogP contribution in [0.15, 0.2) is 24.3 Å². The monoisotopic (exact) mass is 335 g/mol. The van der Waals surface area contributed by atoms with E-state index in [2.05, 4.69) is 16.3 Å². The second-order valence-corrected chi connectivity index (χ2v) is 7.42. The van der Waals surface area contributed by atoms with Crippen LogP contribution in [0.5, 0.6) is 5.75 Å². The van der Waals surface area contributed by atoms with Gasteiger partial charge in [0.05, 0.1) is 12.4 Å². The summed E-state index contributed by atoms with van der Waals surface area (Å²) in [6, 6.07) is 8.02. The SMILES string of the molecule is COc1ccccc1[C@H]1S[C@@H](C)C(=O)N1CCN1CCNCC1. The van der Waals surface area contributed by atoms with Crippen LogP contribution < -0.4 is 10.1 Å². The third-order valence-electron chi connectivity index (χ3n) is 4.52. The minimum Gasteiger partial charge on any atom is -0.496 e. The summed E-state index contributed by atoms with van der Waals surface area (Å²) in [6.07, 6.45) is 0. The van der Waals surface area contributed by atoms with Gasteiger partial charge in [0.25, 0.3) is 0 Å². The number of nitrogens with one attached hydrogen (secondary N) is 1. The van der Waals surface area contributed by atoms with Crippen LogP contribution in [0.25, 0.3) is 0 Å². The van der Waals surface area contributed by atoms with Crippen LogP contribution in [-0.4, -0.2) is 67.3 Å². The van der Waals surface area contributed by atoms with Crippen LogP contribution >= 0.6 is 11.8 Å². The highest BCUT2D eigenvalue weighted by molar-refractivity contribution is 8.01. The molecule has 0 aromatic heterocycles. The molecule has 1 aromatic carbocycles. The van der Waals surface area contributed by atoms with Gasteiger partial charge in [0, 0.05) is 44.8 Å². The van der Waals surface area contributed by atoms with Crippen LogP contribution in [-0.2, 0) is 4.79 Å². The molecule has 2 aliphatic rings. The van der Waals surface area contributed by atoms with E-state index in [-0.39, 0.29) is 16.5 Å². The molecule has 126 valence electrons. The molecule has 2 fully saturated rings. The number of nitrogens with zero attached hydrogens (tertiary/aromatic N) is 2. The molecule has 0 spiro atoms. The highest BCUT2D eigenvalue weighted by atomic mass is 32.2. The van der Waals surface area contributed by atoms with Gasteiger partial charge in [-0.1, -0.05) is 18.2 Å². The molecule has 6 heteroatoms. The van der Waals surface area contributed by atoms with E-state index in [0.717, 1.165) is 50.6 Å². The van der Waals surface area contributed by atoms with E-state index in [1.807, 2.05) is 30.0 Å². The van der Waals surface area contributed by atoms with E-state index in [1.165, 1.54) is 0 Å². The number of hydrogen-bond acceptors (Lipinski definition) is 5. The summed E-state index contributed by atoms with van der Waals surface area (Å²) in [5, 5.41) is 3.43. The number of amides is 1. The van der Waals surface area contributed by atoms with Crippen molar-refractivity contribution in [3.63, 3.8) is 0 Å². The van der Waals surface area contributed by atoms with Crippen molar-refractivity contribution in [2.24, 2.45) is 0 Å². The number of ether oxygens (including phenoxy) is 1. The van der Waals surface area contributed by atoms with Gasteiger partial charge in [-0.2, -0.15) is 0 Å². The summed E-state index contributed by atoms with van der Waals surface area (Å²) < 4.78 is 5.50. The molecule has 1 N–H and O–H groups in total. The summed E-state index contributed by atoms with van der Waals surface area (Å²) >= 11 is 1.72. The fourth-order valence-electron chi connectivity index (χ4n) is 3.20. The van der Waals surface area contributed by atoms with Crippen LogP contribution in [0.2, 0.25) is 0 Å². The first-order valence-electron chi connectivity index (χ1n) is 8.22. The standard InChI is InChI=1S/C17H25N3O2S/c1-13-16(21)20(12-11-19-9-7-18-8-10-19)17(23-13)14-5-3-4-6-15(14)22-2/h3-6,13,17-18H,7-12H2,1-2H3/t13-,17+/m0/s1. The van der Waals surface area contributed by atoms with E-state index < -0.39 is 0 Å². The Hall–Kier alpha value is -1.24. The minimum atomic E-state index is 0.00735. The molecule has 0 saturated carbocycles. The van der Waals surface area contributed by atoms with Crippen molar-refractivity contribution < 1.29 is 9.53 Å². The van der Waals surface area contributed by atoms with Crippen LogP contribution in [0.1, 0.15) is 17.9 Å². The molecule has 1 aromatic rings. The molecule has 3 rings (SSSR count). The summed E-state index contributed by atoms with van der Waals surface area (Å²) in [5.41, 5.74) is 1.10. The summed E-state index contributed by atoms with van der Waals surface area (Å²) in [4.78, 5) is 17.0. The minimum absolute atomic E-state index is 0.00735. The molecule has 2 heterocycles. The average molecular weight is 335 g/mol. The smallest absolute Gasteiger partial charge is 0.236 e. The maximum absolute atomic E-state index is 12.6. The molecule has 5 nitrogen and oxygen atoms in total. The van der Waals surface area contributed by atoms with Gasteiger partial charge >= 0.3 is 0 Å². The van der Waals surface area contributed by atoms with Gasteiger partial charge in [0.1, 0.15) is 11.1 Å². The number of carbonyl (C=O) groups is 1. The first-order valence-corrected chi connectivity index (χ1v) is 9.17. The lowest BCUT2D eigenvalue weighted by Gasteiger charge is -2.31. The fourth-order valence-corrected chi connectivity index (χ4v) is 4.53. The largest absolute Gasteiger partial charge is 0.496 e. The maximum atomic E-state index is 12.6. The van der Waals surface area contributed by atoms with Crippen LogP contribution in [0.3, 0.4) is 0 Å². The topological polar surface area (TPSA) is 44.8 Å². The predicted octanol–water partition coefficient (Wildman–Crippen LogP) is 1.56. The molecule has 2 aliphatic heterocycles. The van der Waals surface area contributed by atoms with Gasteiger partial charge < -0.3 is 15.0 Å². The number of para-hydroxylation sites is 1. The molecule has 0 aliphatic carbocycles. The number of methoxy groups -OCH3 is 1. The fraction of sp³-hybridized carbons (Fsp3) is 0.588. The number of rotatable bonds is 5. The summed E-state index contributed by atoms with van der Waals surface area (Å²) in [7, 11) is 1.69. The second-order valence-electron chi connectivity index (χ2n) is 6.00. The summed E-state index contributed by atoms with van der Waals surface area (Å²) in [5.74, 6) is 1.10. The third-order valence-corrected chi connectivity index (χ3v) is 5.89. The number of benzene rings is 1. The van der Waals surface area contributed by atoms with Gasteiger partial charge in [-0.3, -0.25) is 9.69 Å². The van der Waals surface area contributed by atoms with Crippen LogP contribution in [0.4, 0.5) is 0 Å². The number of hydrogen-bond donors (Lipinski definition) is 1. The molecule has 2 saturated heterocycles. The Kier molecular flexibility index (Phi) is 5.46. The predicted molar refractivity (Wildman–Crippen MR) is 93.8 cm³/mol. The van der Waals surface area contributed by atoms with E-state index in [0.29, 0.717) is 0 Å². The van der Waals surface area contributed by atoms with Gasteiger partial charge in [0.2, 0.25) is 5.91 Å². The first-order chi connectivity index (χ1) is 11.2. The molecule has 0 bridgehead atoms. The zero-order valence-electron chi connectivity index (χ0n) is 13.8. The lowest BCUT2D eigenvalue weighted by atomic mass is 10.1. The maximum Gasteiger partial charge on any atom is 0.236 e. The quantitative estimate of drug-likeness (QED) is 0.885. The average Bonchev–Trinajstić information content (AvgIpc) is 2.88. The second kappa shape index (κ2) is 7.55. The van der Waals surface area contributed by atoms with Crippen molar-refractivity contribution in [1.82, 2.24) is 15.1 Å². The zero-order valence-corrected chi connectivity index (χ0v) is 14.6. The lowest BCUT2D eigenvalue weighted by Crippen LogP contribution is -2.46. The van der Waals surface area contributed by atoms with E-state index in [4.69, 9.17) is 4.74 Å². The van der Waals surface area contributed by atoms with Gasteiger partial charge in [0.15, 0.2) is 0 Å². The molecule has 2 atom stereocenters. The molecule has 1 amide bonds. The number of thioether (sulfide) groups is 1. The molecular weight excluding hydrogens is 310 g/mol. The van der Waals surface area contributed by atoms with Crippen molar-refractivity contribution >= 4 is 17.7 Å². The lowest BCUT2D eigenvalue weighted by molar-refractivity contribution is -0.130. The summed E-state index contributed by atoms with van der Waals surface area (Å²) in [6.45, 7) is 7.91. The van der Waals surface area contributed by atoms with E-state index in [1.54, 1.807) is 18.9 Å². The number of carbonyl (C=O) groups excluding carboxylic acids is 1. The van der Waals surface area contributed by atoms with Crippen molar-refractivity contribution in [3.05, 3.63) is 29.8 Å². The molecule has 0 radical (unpaired) electrons. The van der Waals surface area contributed by atoms with E-state index in [9.17, 15) is 4.79 Å². The zero-order chi connectivity index (χ0) is 16.2. The van der Waals surface area contributed by atoms with Crippen molar-refractivity contribution in [3.8, 4) is 5.75 Å². The van der Waals surface area contributed by atoms with Crippen molar-refractivity contribution in [1.29, 1.82) is 0 Å². The molecular formula is C17H25N3O2S. The Morgan fingerprint density at radius 3 is 2.74 bits per heavy atom. The normalized spacial score (nSPS) is 25.8. The van der Waals surface area contributed by atoms with Gasteiger partial charge in [-0.25, -0.2) is 0 Å². The Labute approximate surface area is 142 Å². The number of piperazine rings is 1.